The van der Waals surface area contributed by atoms with Crippen LogP contribution in [0.5, 0.6) is 0 Å². The molecule has 3 aromatic rings. The molecule has 0 bridgehead atoms. The fourth-order valence-corrected chi connectivity index (χ4v) is 3.64. The van der Waals surface area contributed by atoms with Gasteiger partial charge in [-0.25, -0.2) is 4.68 Å². The van der Waals surface area contributed by atoms with Crippen molar-refractivity contribution in [2.75, 3.05) is 26.7 Å². The Bertz CT molecular complexity index is 945. The molecule has 3 heterocycles. The van der Waals surface area contributed by atoms with E-state index >= 15 is 0 Å². The minimum Gasteiger partial charge on any atom is -0.337 e. The van der Waals surface area contributed by atoms with E-state index in [0.29, 0.717) is 11.6 Å². The van der Waals surface area contributed by atoms with E-state index in [1.165, 1.54) is 0 Å². The van der Waals surface area contributed by atoms with Crippen molar-refractivity contribution in [2.24, 2.45) is 5.92 Å². The molecule has 1 atom stereocenters. The molecule has 1 saturated heterocycles. The minimum atomic E-state index is -0.0412. The summed E-state index contributed by atoms with van der Waals surface area (Å²) in [5.41, 5.74) is 2.84. The largest absolute Gasteiger partial charge is 0.337 e. The summed E-state index contributed by atoms with van der Waals surface area (Å²) in [5.74, 6) is 0.460. The van der Waals surface area contributed by atoms with E-state index in [1.54, 1.807) is 10.9 Å². The van der Waals surface area contributed by atoms with Crippen molar-refractivity contribution in [3.05, 3.63) is 47.9 Å². The Morgan fingerprint density at radius 3 is 3.00 bits per heavy atom. The van der Waals surface area contributed by atoms with E-state index in [2.05, 4.69) is 20.6 Å². The summed E-state index contributed by atoms with van der Waals surface area (Å²) < 4.78 is 1.71. The molecule has 134 valence electrons. The Labute approximate surface area is 152 Å². The van der Waals surface area contributed by atoms with Crippen LogP contribution in [0.25, 0.3) is 16.6 Å². The lowest BCUT2D eigenvalue weighted by Crippen LogP contribution is -2.31. The highest BCUT2D eigenvalue weighted by Crippen LogP contribution is 2.23. The van der Waals surface area contributed by atoms with Crippen molar-refractivity contribution in [3.8, 4) is 5.69 Å². The van der Waals surface area contributed by atoms with Crippen LogP contribution in [-0.2, 0) is 0 Å². The molecule has 0 saturated carbocycles. The standard InChI is InChI=1S/C19H22N6O/c1-13-17(19(26)24-10-8-14(12-24)11-20-2)22-23-25(13)16-7-3-5-15-6-4-9-21-18(15)16/h3-7,9,14,20H,8,10-12H2,1-2H3. The average Bonchev–Trinajstić information content (AvgIpc) is 3.28. The molecule has 1 aromatic carbocycles. The number of pyridine rings is 1. The van der Waals surface area contributed by atoms with Gasteiger partial charge in [-0.3, -0.25) is 9.78 Å². The molecule has 1 fully saturated rings. The topological polar surface area (TPSA) is 75.9 Å². The van der Waals surface area contributed by atoms with Crippen molar-refractivity contribution < 1.29 is 4.79 Å². The molecule has 7 nitrogen and oxygen atoms in total. The molecule has 0 aliphatic carbocycles. The normalized spacial score (nSPS) is 17.2. The fraction of sp³-hybridized carbons (Fsp3) is 0.368. The van der Waals surface area contributed by atoms with Gasteiger partial charge in [-0.2, -0.15) is 0 Å². The molecule has 4 rings (SSSR count). The average molecular weight is 350 g/mol. The van der Waals surface area contributed by atoms with E-state index in [1.807, 2.05) is 49.2 Å². The molecule has 1 aliphatic rings. The first-order valence-electron chi connectivity index (χ1n) is 8.89. The third kappa shape index (κ3) is 2.84. The number of carbonyl (C=O) groups is 1. The van der Waals surface area contributed by atoms with Gasteiger partial charge in [0.25, 0.3) is 5.91 Å². The van der Waals surface area contributed by atoms with Crippen molar-refractivity contribution in [1.82, 2.24) is 30.2 Å². The van der Waals surface area contributed by atoms with Crippen molar-refractivity contribution in [3.63, 3.8) is 0 Å². The summed E-state index contributed by atoms with van der Waals surface area (Å²) in [6, 6.07) is 9.84. The maximum absolute atomic E-state index is 12.9. The summed E-state index contributed by atoms with van der Waals surface area (Å²) in [6.07, 6.45) is 2.78. The SMILES string of the molecule is CNCC1CCN(C(=O)c2nnn(-c3cccc4cccnc34)c2C)C1. The van der Waals surface area contributed by atoms with Gasteiger partial charge in [0.2, 0.25) is 0 Å². The van der Waals surface area contributed by atoms with Gasteiger partial charge in [0, 0.05) is 24.7 Å². The third-order valence-corrected chi connectivity index (χ3v) is 5.00. The second-order valence-corrected chi connectivity index (χ2v) is 6.75. The van der Waals surface area contributed by atoms with Gasteiger partial charge < -0.3 is 10.2 Å². The van der Waals surface area contributed by atoms with Crippen LogP contribution in [0, 0.1) is 12.8 Å². The molecule has 26 heavy (non-hydrogen) atoms. The second-order valence-electron chi connectivity index (χ2n) is 6.75. The van der Waals surface area contributed by atoms with Crippen LogP contribution in [0.1, 0.15) is 22.6 Å². The molecular weight excluding hydrogens is 328 g/mol. The lowest BCUT2D eigenvalue weighted by atomic mass is 10.1. The Morgan fingerprint density at radius 1 is 1.31 bits per heavy atom. The molecule has 1 N–H and O–H groups in total. The van der Waals surface area contributed by atoms with Crippen LogP contribution in [0.3, 0.4) is 0 Å². The summed E-state index contributed by atoms with van der Waals surface area (Å²) in [4.78, 5) is 19.2. The molecular formula is C19H22N6O. The second kappa shape index (κ2) is 6.84. The van der Waals surface area contributed by atoms with Crippen molar-refractivity contribution in [1.29, 1.82) is 0 Å². The Balaban J connectivity index is 1.65. The van der Waals surface area contributed by atoms with E-state index in [-0.39, 0.29) is 5.91 Å². The molecule has 1 aliphatic heterocycles. The molecule has 0 radical (unpaired) electrons. The lowest BCUT2D eigenvalue weighted by molar-refractivity contribution is 0.0780. The Hall–Kier alpha value is -2.80. The van der Waals surface area contributed by atoms with Gasteiger partial charge in [0.05, 0.1) is 16.9 Å². The van der Waals surface area contributed by atoms with E-state index in [0.717, 1.165) is 48.3 Å². The summed E-state index contributed by atoms with van der Waals surface area (Å²) in [7, 11) is 1.94. The Morgan fingerprint density at radius 2 is 2.15 bits per heavy atom. The number of para-hydroxylation sites is 1. The van der Waals surface area contributed by atoms with Crippen LogP contribution in [0.4, 0.5) is 0 Å². The van der Waals surface area contributed by atoms with Crippen LogP contribution in [0.2, 0.25) is 0 Å². The predicted molar refractivity (Wildman–Crippen MR) is 99.3 cm³/mol. The minimum absolute atomic E-state index is 0.0412. The van der Waals surface area contributed by atoms with Gasteiger partial charge in [0.15, 0.2) is 5.69 Å². The van der Waals surface area contributed by atoms with Crippen LogP contribution >= 0.6 is 0 Å². The highest BCUT2D eigenvalue weighted by atomic mass is 16.2. The van der Waals surface area contributed by atoms with Crippen molar-refractivity contribution in [2.45, 2.75) is 13.3 Å². The zero-order valence-electron chi connectivity index (χ0n) is 15.0. The summed E-state index contributed by atoms with van der Waals surface area (Å²) in [6.45, 7) is 4.35. The molecule has 1 unspecified atom stereocenters. The number of rotatable bonds is 4. The number of benzene rings is 1. The molecule has 0 spiro atoms. The fourth-order valence-electron chi connectivity index (χ4n) is 3.64. The third-order valence-electron chi connectivity index (χ3n) is 5.00. The number of likely N-dealkylation sites (tertiary alicyclic amines) is 1. The number of hydrogen-bond donors (Lipinski definition) is 1. The number of aromatic nitrogens is 4. The highest BCUT2D eigenvalue weighted by Gasteiger charge is 2.29. The monoisotopic (exact) mass is 350 g/mol. The summed E-state index contributed by atoms with van der Waals surface area (Å²) in [5, 5.41) is 12.7. The first-order valence-corrected chi connectivity index (χ1v) is 8.89. The number of nitrogens with one attached hydrogen (secondary N) is 1. The van der Waals surface area contributed by atoms with Gasteiger partial charge >= 0.3 is 0 Å². The van der Waals surface area contributed by atoms with Gasteiger partial charge in [-0.1, -0.05) is 23.4 Å². The molecule has 2 aromatic heterocycles. The summed E-state index contributed by atoms with van der Waals surface area (Å²) >= 11 is 0. The van der Waals surface area contributed by atoms with Gasteiger partial charge in [-0.05, 0) is 45.0 Å². The number of amides is 1. The number of nitrogens with zero attached hydrogens (tertiary/aromatic N) is 5. The zero-order valence-corrected chi connectivity index (χ0v) is 15.0. The van der Waals surface area contributed by atoms with E-state index < -0.39 is 0 Å². The molecule has 7 heteroatoms. The quantitative estimate of drug-likeness (QED) is 0.777. The van der Waals surface area contributed by atoms with Crippen LogP contribution in [-0.4, -0.2) is 57.5 Å². The number of hydrogen-bond acceptors (Lipinski definition) is 5. The highest BCUT2D eigenvalue weighted by molar-refractivity contribution is 5.94. The predicted octanol–water partition coefficient (Wildman–Crippen LogP) is 1.81. The number of carbonyl (C=O) groups excluding carboxylic acids is 1. The van der Waals surface area contributed by atoms with Crippen LogP contribution < -0.4 is 5.32 Å². The molecule has 1 amide bonds. The number of fused-ring (bicyclic) bond motifs is 1. The first kappa shape index (κ1) is 16.7. The zero-order chi connectivity index (χ0) is 18.1. The lowest BCUT2D eigenvalue weighted by Gasteiger charge is -2.15. The first-order chi connectivity index (χ1) is 12.7. The van der Waals surface area contributed by atoms with Crippen molar-refractivity contribution >= 4 is 16.8 Å². The maximum atomic E-state index is 12.9. The van der Waals surface area contributed by atoms with E-state index in [9.17, 15) is 4.79 Å². The maximum Gasteiger partial charge on any atom is 0.276 e. The van der Waals surface area contributed by atoms with Gasteiger partial charge in [-0.15, -0.1) is 5.10 Å². The van der Waals surface area contributed by atoms with E-state index in [4.69, 9.17) is 0 Å². The van der Waals surface area contributed by atoms with Crippen LogP contribution in [0.15, 0.2) is 36.5 Å². The smallest absolute Gasteiger partial charge is 0.276 e. The van der Waals surface area contributed by atoms with Gasteiger partial charge in [0.1, 0.15) is 0 Å². The Kier molecular flexibility index (Phi) is 4.38.